The number of carbonyl (C=O) groups is 1. The molecule has 2 aromatic rings. The van der Waals surface area contributed by atoms with E-state index >= 15 is 0 Å². The van der Waals surface area contributed by atoms with E-state index in [2.05, 4.69) is 22.9 Å². The molecule has 0 bridgehead atoms. The minimum atomic E-state index is 0.258. The summed E-state index contributed by atoms with van der Waals surface area (Å²) in [7, 11) is 0. The van der Waals surface area contributed by atoms with Crippen LogP contribution in [0.4, 0.5) is 0 Å². The summed E-state index contributed by atoms with van der Waals surface area (Å²) >= 11 is 3.24. The highest BCUT2D eigenvalue weighted by Gasteiger charge is 2.25. The summed E-state index contributed by atoms with van der Waals surface area (Å²) in [4.78, 5) is 19.1. The summed E-state index contributed by atoms with van der Waals surface area (Å²) in [5.41, 5.74) is 1.03. The smallest absolute Gasteiger partial charge is 0.233 e. The van der Waals surface area contributed by atoms with Crippen LogP contribution in [0.2, 0.25) is 0 Å². The summed E-state index contributed by atoms with van der Waals surface area (Å²) < 4.78 is 2.18. The molecule has 0 saturated heterocycles. The maximum absolute atomic E-state index is 12.4. The van der Waals surface area contributed by atoms with Crippen LogP contribution >= 0.6 is 23.1 Å². The lowest BCUT2D eigenvalue weighted by Gasteiger charge is -2.27. The van der Waals surface area contributed by atoms with Crippen molar-refractivity contribution in [3.8, 4) is 0 Å². The first-order valence-electron chi connectivity index (χ1n) is 7.55. The van der Waals surface area contributed by atoms with Gasteiger partial charge in [0.15, 0.2) is 4.34 Å². The molecule has 1 amide bonds. The molecule has 5 heteroatoms. The van der Waals surface area contributed by atoms with Crippen molar-refractivity contribution in [2.45, 2.75) is 43.0 Å². The molecule has 0 spiro atoms. The first kappa shape index (κ1) is 14.9. The molecule has 1 aromatic carbocycles. The summed E-state index contributed by atoms with van der Waals surface area (Å²) in [5.74, 6) is 0.762. The highest BCUT2D eigenvalue weighted by Crippen LogP contribution is 2.30. The standard InChI is InChI=1S/C16H20N2OS2/c1-2-18(12-7-3-4-8-12)15(19)11-20-16-17-13-9-5-6-10-14(13)21-16/h5-6,9-10,12H,2-4,7-8,11H2,1H3. The minimum absolute atomic E-state index is 0.258. The van der Waals surface area contributed by atoms with Gasteiger partial charge in [0.25, 0.3) is 0 Å². The highest BCUT2D eigenvalue weighted by atomic mass is 32.2. The molecule has 0 atom stereocenters. The number of fused-ring (bicyclic) bond motifs is 1. The molecule has 3 rings (SSSR count). The normalized spacial score (nSPS) is 15.7. The van der Waals surface area contributed by atoms with Gasteiger partial charge in [-0.1, -0.05) is 36.7 Å². The lowest BCUT2D eigenvalue weighted by molar-refractivity contribution is -0.130. The molecule has 3 nitrogen and oxygen atoms in total. The van der Waals surface area contributed by atoms with E-state index < -0.39 is 0 Å². The van der Waals surface area contributed by atoms with Gasteiger partial charge < -0.3 is 4.90 Å². The highest BCUT2D eigenvalue weighted by molar-refractivity contribution is 8.01. The Morgan fingerprint density at radius 2 is 2.14 bits per heavy atom. The van der Waals surface area contributed by atoms with E-state index in [1.165, 1.54) is 30.4 Å². The summed E-state index contributed by atoms with van der Waals surface area (Å²) in [6.07, 6.45) is 4.87. The largest absolute Gasteiger partial charge is 0.339 e. The number of hydrogen-bond donors (Lipinski definition) is 0. The van der Waals surface area contributed by atoms with Crippen molar-refractivity contribution >= 4 is 39.2 Å². The monoisotopic (exact) mass is 320 g/mol. The van der Waals surface area contributed by atoms with E-state index in [0.29, 0.717) is 11.8 Å². The van der Waals surface area contributed by atoms with Crippen molar-refractivity contribution in [1.82, 2.24) is 9.88 Å². The van der Waals surface area contributed by atoms with Crippen molar-refractivity contribution in [3.05, 3.63) is 24.3 Å². The van der Waals surface area contributed by atoms with Crippen LogP contribution in [0.25, 0.3) is 10.2 Å². The molecule has 1 saturated carbocycles. The molecule has 1 aromatic heterocycles. The van der Waals surface area contributed by atoms with Gasteiger partial charge in [-0.15, -0.1) is 11.3 Å². The van der Waals surface area contributed by atoms with Crippen LogP contribution in [0, 0.1) is 0 Å². The molecular formula is C16H20N2OS2. The molecule has 1 aliphatic rings. The predicted octanol–water partition coefficient (Wildman–Crippen LogP) is 4.18. The van der Waals surface area contributed by atoms with Crippen LogP contribution in [-0.4, -0.2) is 34.1 Å². The van der Waals surface area contributed by atoms with Gasteiger partial charge >= 0.3 is 0 Å². The number of hydrogen-bond acceptors (Lipinski definition) is 4. The van der Waals surface area contributed by atoms with Gasteiger partial charge in [-0.05, 0) is 31.9 Å². The van der Waals surface area contributed by atoms with Gasteiger partial charge in [-0.2, -0.15) is 0 Å². The van der Waals surface area contributed by atoms with Gasteiger partial charge in [0.2, 0.25) is 5.91 Å². The Balaban J connectivity index is 1.61. The fourth-order valence-corrected chi connectivity index (χ4v) is 4.93. The SMILES string of the molecule is CCN(C(=O)CSc1nc2ccccc2s1)C1CCCC1. The van der Waals surface area contributed by atoms with Crippen molar-refractivity contribution in [3.63, 3.8) is 0 Å². The maximum Gasteiger partial charge on any atom is 0.233 e. The van der Waals surface area contributed by atoms with Gasteiger partial charge in [-0.25, -0.2) is 4.98 Å². The Morgan fingerprint density at radius 1 is 1.38 bits per heavy atom. The topological polar surface area (TPSA) is 33.2 Å². The summed E-state index contributed by atoms with van der Waals surface area (Å²) in [6, 6.07) is 8.60. The first-order valence-corrected chi connectivity index (χ1v) is 9.36. The molecule has 0 radical (unpaired) electrons. The fraction of sp³-hybridized carbons (Fsp3) is 0.500. The number of amides is 1. The molecule has 1 aliphatic carbocycles. The number of para-hydroxylation sites is 1. The van der Waals surface area contributed by atoms with E-state index in [4.69, 9.17) is 0 Å². The third-order valence-electron chi connectivity index (χ3n) is 4.02. The second-order valence-electron chi connectivity index (χ2n) is 5.35. The van der Waals surface area contributed by atoms with Gasteiger partial charge in [0.1, 0.15) is 0 Å². The minimum Gasteiger partial charge on any atom is -0.339 e. The first-order chi connectivity index (χ1) is 10.3. The number of thiazole rings is 1. The second-order valence-corrected chi connectivity index (χ2v) is 7.61. The zero-order chi connectivity index (χ0) is 14.7. The maximum atomic E-state index is 12.4. The molecular weight excluding hydrogens is 300 g/mol. The Morgan fingerprint density at radius 3 is 2.86 bits per heavy atom. The molecule has 1 heterocycles. The lowest BCUT2D eigenvalue weighted by Crippen LogP contribution is -2.39. The Kier molecular flexibility index (Phi) is 4.80. The third-order valence-corrected chi connectivity index (χ3v) is 6.18. The fourth-order valence-electron chi connectivity index (χ4n) is 2.97. The number of thioether (sulfide) groups is 1. The van der Waals surface area contributed by atoms with Crippen molar-refractivity contribution in [1.29, 1.82) is 0 Å². The molecule has 1 fully saturated rings. The average Bonchev–Trinajstić information content (AvgIpc) is 3.14. The summed E-state index contributed by atoms with van der Waals surface area (Å²) in [5, 5.41) is 0. The number of aromatic nitrogens is 1. The second kappa shape index (κ2) is 6.79. The summed E-state index contributed by atoms with van der Waals surface area (Å²) in [6.45, 7) is 2.91. The number of benzene rings is 1. The van der Waals surface area contributed by atoms with Gasteiger partial charge in [0, 0.05) is 12.6 Å². The molecule has 112 valence electrons. The van der Waals surface area contributed by atoms with Crippen LogP contribution in [0.1, 0.15) is 32.6 Å². The molecule has 21 heavy (non-hydrogen) atoms. The van der Waals surface area contributed by atoms with E-state index in [-0.39, 0.29) is 5.91 Å². The number of carbonyl (C=O) groups excluding carboxylic acids is 1. The lowest BCUT2D eigenvalue weighted by atomic mass is 10.2. The van der Waals surface area contributed by atoms with Crippen LogP contribution in [-0.2, 0) is 4.79 Å². The van der Waals surface area contributed by atoms with Gasteiger partial charge in [-0.3, -0.25) is 4.79 Å². The molecule has 0 N–H and O–H groups in total. The zero-order valence-electron chi connectivity index (χ0n) is 12.2. The van der Waals surface area contributed by atoms with Gasteiger partial charge in [0.05, 0.1) is 16.0 Å². The van der Waals surface area contributed by atoms with E-state index in [9.17, 15) is 4.79 Å². The Hall–Kier alpha value is -1.07. The van der Waals surface area contributed by atoms with E-state index in [1.54, 1.807) is 23.1 Å². The van der Waals surface area contributed by atoms with Crippen LogP contribution in [0.5, 0.6) is 0 Å². The van der Waals surface area contributed by atoms with E-state index in [0.717, 1.165) is 16.4 Å². The quantitative estimate of drug-likeness (QED) is 0.775. The van der Waals surface area contributed by atoms with Crippen LogP contribution < -0.4 is 0 Å². The van der Waals surface area contributed by atoms with Crippen molar-refractivity contribution in [2.24, 2.45) is 0 Å². The molecule has 0 unspecified atom stereocenters. The van der Waals surface area contributed by atoms with Crippen molar-refractivity contribution < 1.29 is 4.79 Å². The zero-order valence-corrected chi connectivity index (χ0v) is 13.9. The van der Waals surface area contributed by atoms with Crippen LogP contribution in [0.3, 0.4) is 0 Å². The Labute approximate surface area is 133 Å². The average molecular weight is 320 g/mol. The van der Waals surface area contributed by atoms with Crippen LogP contribution in [0.15, 0.2) is 28.6 Å². The van der Waals surface area contributed by atoms with Crippen molar-refractivity contribution in [2.75, 3.05) is 12.3 Å². The number of nitrogens with zero attached hydrogens (tertiary/aromatic N) is 2. The molecule has 0 aliphatic heterocycles. The number of rotatable bonds is 5. The predicted molar refractivity (Wildman–Crippen MR) is 90.0 cm³/mol. The Bertz CT molecular complexity index is 587. The van der Waals surface area contributed by atoms with E-state index in [1.807, 2.05) is 18.2 Å². The third kappa shape index (κ3) is 3.40.